The molecule has 0 saturated heterocycles. The Labute approximate surface area is 165 Å². The van der Waals surface area contributed by atoms with Crippen molar-refractivity contribution in [1.29, 1.82) is 5.26 Å². The molecular formula is C20H14ClFN4O2. The van der Waals surface area contributed by atoms with Crippen molar-refractivity contribution in [2.24, 2.45) is 0 Å². The normalized spacial score (nSPS) is 11.9. The van der Waals surface area contributed by atoms with Crippen LogP contribution in [0.4, 0.5) is 10.2 Å². The van der Waals surface area contributed by atoms with Gasteiger partial charge in [-0.05, 0) is 35.4 Å². The summed E-state index contributed by atoms with van der Waals surface area (Å²) in [4.78, 5) is 9.49. The van der Waals surface area contributed by atoms with E-state index >= 15 is 0 Å². The lowest BCUT2D eigenvalue weighted by Crippen LogP contribution is -2.25. The minimum atomic E-state index is -0.603. The second-order valence-electron chi connectivity index (χ2n) is 6.15. The molecule has 6 nitrogen and oxygen atoms in total. The number of nitriles is 1. The Bertz CT molecular complexity index is 1050. The summed E-state index contributed by atoms with van der Waals surface area (Å²) in [6, 6.07) is 14.7. The number of halogens is 2. The third-order valence-electron chi connectivity index (χ3n) is 4.22. The lowest BCUT2D eigenvalue weighted by Gasteiger charge is -2.24. The Balaban J connectivity index is 1.68. The van der Waals surface area contributed by atoms with Crippen LogP contribution in [0.1, 0.15) is 17.0 Å². The van der Waals surface area contributed by atoms with Gasteiger partial charge in [0.25, 0.3) is 0 Å². The molecule has 0 radical (unpaired) electrons. The molecule has 3 aromatic rings. The van der Waals surface area contributed by atoms with Gasteiger partial charge in [-0.25, -0.2) is 9.37 Å². The second kappa shape index (κ2) is 7.71. The van der Waals surface area contributed by atoms with E-state index in [1.807, 2.05) is 36.4 Å². The zero-order chi connectivity index (χ0) is 19.5. The highest BCUT2D eigenvalue weighted by atomic mass is 35.5. The van der Waals surface area contributed by atoms with Gasteiger partial charge in [-0.1, -0.05) is 29.8 Å². The zero-order valence-corrected chi connectivity index (χ0v) is 15.4. The maximum atomic E-state index is 14.5. The first-order chi connectivity index (χ1) is 13.6. The zero-order valence-electron chi connectivity index (χ0n) is 14.6. The van der Waals surface area contributed by atoms with E-state index < -0.39 is 5.82 Å². The quantitative estimate of drug-likeness (QED) is 0.647. The molecule has 0 atom stereocenters. The van der Waals surface area contributed by atoms with E-state index in [9.17, 15) is 4.39 Å². The van der Waals surface area contributed by atoms with E-state index in [1.54, 1.807) is 17.0 Å². The fraction of sp³-hybridized carbons (Fsp3) is 0.150. The van der Waals surface area contributed by atoms with Crippen molar-refractivity contribution < 1.29 is 13.9 Å². The lowest BCUT2D eigenvalue weighted by atomic mass is 10.1. The summed E-state index contributed by atoms with van der Waals surface area (Å²) < 4.78 is 25.3. The van der Waals surface area contributed by atoms with Crippen molar-refractivity contribution in [2.45, 2.75) is 13.1 Å². The Kier molecular flexibility index (Phi) is 4.96. The minimum absolute atomic E-state index is 0.0548. The Hall–Kier alpha value is -3.37. The fourth-order valence-electron chi connectivity index (χ4n) is 2.91. The number of aromatic nitrogens is 2. The van der Waals surface area contributed by atoms with Crippen LogP contribution in [0, 0.1) is 17.1 Å². The number of benzene rings is 2. The largest absolute Gasteiger partial charge is 0.454 e. The topological polar surface area (TPSA) is 71.3 Å². The molecule has 1 aliphatic heterocycles. The SMILES string of the molecule is N#Cc1ncc(F)c(N(Cc2ccc(Cl)cc2)Cc2ccc3c(c2)OCO3)n1. The van der Waals surface area contributed by atoms with Gasteiger partial charge in [0.05, 0.1) is 6.20 Å². The van der Waals surface area contributed by atoms with E-state index in [-0.39, 0.29) is 18.4 Å². The summed E-state index contributed by atoms with van der Waals surface area (Å²) in [7, 11) is 0. The van der Waals surface area contributed by atoms with Gasteiger partial charge in [-0.3, -0.25) is 0 Å². The molecule has 0 unspecified atom stereocenters. The predicted octanol–water partition coefficient (Wildman–Crippen LogP) is 4.08. The summed E-state index contributed by atoms with van der Waals surface area (Å²) in [6.45, 7) is 0.891. The maximum absolute atomic E-state index is 14.5. The van der Waals surface area contributed by atoms with Gasteiger partial charge in [-0.2, -0.15) is 10.2 Å². The average molecular weight is 397 g/mol. The molecule has 2 aromatic carbocycles. The first-order valence-electron chi connectivity index (χ1n) is 8.43. The molecule has 1 aromatic heterocycles. The van der Waals surface area contributed by atoms with Gasteiger partial charge in [-0.15, -0.1) is 0 Å². The number of fused-ring (bicyclic) bond motifs is 1. The molecule has 140 valence electrons. The van der Waals surface area contributed by atoms with Gasteiger partial charge in [0, 0.05) is 18.1 Å². The maximum Gasteiger partial charge on any atom is 0.234 e. The molecule has 0 aliphatic carbocycles. The molecule has 4 rings (SSSR count). The lowest BCUT2D eigenvalue weighted by molar-refractivity contribution is 0.174. The van der Waals surface area contributed by atoms with Gasteiger partial charge in [0.1, 0.15) is 6.07 Å². The van der Waals surface area contributed by atoms with Crippen LogP contribution < -0.4 is 14.4 Å². The van der Waals surface area contributed by atoms with Crippen LogP contribution in [0.15, 0.2) is 48.7 Å². The summed E-state index contributed by atoms with van der Waals surface area (Å²) in [5.41, 5.74) is 1.80. The van der Waals surface area contributed by atoms with Crippen LogP contribution in [0.25, 0.3) is 0 Å². The van der Waals surface area contributed by atoms with Crippen molar-refractivity contribution in [3.63, 3.8) is 0 Å². The van der Waals surface area contributed by atoms with Crippen LogP contribution in [0.5, 0.6) is 11.5 Å². The van der Waals surface area contributed by atoms with Gasteiger partial charge >= 0.3 is 0 Å². The predicted molar refractivity (Wildman–Crippen MR) is 101 cm³/mol. The van der Waals surface area contributed by atoms with E-state index in [0.29, 0.717) is 29.6 Å². The summed E-state index contributed by atoms with van der Waals surface area (Å²) in [6.07, 6.45) is 1.01. The molecule has 0 amide bonds. The van der Waals surface area contributed by atoms with E-state index in [1.165, 1.54) is 0 Å². The van der Waals surface area contributed by atoms with E-state index in [4.69, 9.17) is 26.3 Å². The van der Waals surface area contributed by atoms with Crippen molar-refractivity contribution in [3.05, 3.63) is 76.5 Å². The molecule has 0 saturated carbocycles. The molecule has 0 fully saturated rings. The van der Waals surface area contributed by atoms with Crippen LogP contribution in [0.2, 0.25) is 5.02 Å². The highest BCUT2D eigenvalue weighted by molar-refractivity contribution is 6.30. The highest BCUT2D eigenvalue weighted by Crippen LogP contribution is 2.33. The van der Waals surface area contributed by atoms with Gasteiger partial charge < -0.3 is 14.4 Å². The van der Waals surface area contributed by atoms with E-state index in [0.717, 1.165) is 17.3 Å². The third kappa shape index (κ3) is 3.82. The Morgan fingerprint density at radius 1 is 1.07 bits per heavy atom. The fourth-order valence-corrected chi connectivity index (χ4v) is 3.04. The monoisotopic (exact) mass is 396 g/mol. The third-order valence-corrected chi connectivity index (χ3v) is 4.47. The minimum Gasteiger partial charge on any atom is -0.454 e. The van der Waals surface area contributed by atoms with Crippen LogP contribution in [-0.2, 0) is 13.1 Å². The molecule has 0 N–H and O–H groups in total. The van der Waals surface area contributed by atoms with Crippen molar-refractivity contribution in [1.82, 2.24) is 9.97 Å². The number of anilines is 1. The van der Waals surface area contributed by atoms with Gasteiger partial charge in [0.15, 0.2) is 23.1 Å². The van der Waals surface area contributed by atoms with Crippen molar-refractivity contribution >= 4 is 17.4 Å². The summed E-state index contributed by atoms with van der Waals surface area (Å²) >= 11 is 5.96. The first kappa shape index (κ1) is 18.0. The average Bonchev–Trinajstić information content (AvgIpc) is 3.17. The summed E-state index contributed by atoms with van der Waals surface area (Å²) in [5.74, 6) is 0.675. The van der Waals surface area contributed by atoms with Crippen molar-refractivity contribution in [2.75, 3.05) is 11.7 Å². The van der Waals surface area contributed by atoms with E-state index in [2.05, 4.69) is 9.97 Å². The standard InChI is InChI=1S/C20H14ClFN4O2/c21-15-4-1-13(2-5-15)10-26(20-16(22)9-24-19(8-23)25-20)11-14-3-6-17-18(7-14)28-12-27-17/h1-7,9H,10-12H2. The molecule has 1 aliphatic rings. The number of nitrogens with zero attached hydrogens (tertiary/aromatic N) is 4. The summed E-state index contributed by atoms with van der Waals surface area (Å²) in [5, 5.41) is 9.71. The van der Waals surface area contributed by atoms with Crippen LogP contribution in [0.3, 0.4) is 0 Å². The molecule has 28 heavy (non-hydrogen) atoms. The number of hydrogen-bond acceptors (Lipinski definition) is 6. The second-order valence-corrected chi connectivity index (χ2v) is 6.58. The number of hydrogen-bond donors (Lipinski definition) is 0. The Morgan fingerprint density at radius 2 is 1.79 bits per heavy atom. The Morgan fingerprint density at radius 3 is 2.57 bits per heavy atom. The van der Waals surface area contributed by atoms with Crippen LogP contribution >= 0.6 is 11.6 Å². The smallest absolute Gasteiger partial charge is 0.234 e. The van der Waals surface area contributed by atoms with Crippen LogP contribution in [-0.4, -0.2) is 16.8 Å². The molecular weight excluding hydrogens is 383 g/mol. The van der Waals surface area contributed by atoms with Gasteiger partial charge in [0.2, 0.25) is 12.6 Å². The number of ether oxygens (including phenoxy) is 2. The molecule has 0 bridgehead atoms. The molecule has 0 spiro atoms. The number of rotatable bonds is 5. The molecule has 2 heterocycles. The highest BCUT2D eigenvalue weighted by Gasteiger charge is 2.19. The van der Waals surface area contributed by atoms with Crippen molar-refractivity contribution in [3.8, 4) is 17.6 Å². The molecule has 8 heteroatoms. The first-order valence-corrected chi connectivity index (χ1v) is 8.81.